The molecule has 2 rings (SSSR count). The molecule has 0 bridgehead atoms. The first-order valence-electron chi connectivity index (χ1n) is 6.39. The van der Waals surface area contributed by atoms with E-state index in [0.717, 1.165) is 29.5 Å². The van der Waals surface area contributed by atoms with Crippen molar-refractivity contribution in [1.82, 2.24) is 4.98 Å². The predicted molar refractivity (Wildman–Crippen MR) is 73.5 cm³/mol. The summed E-state index contributed by atoms with van der Waals surface area (Å²) in [5.41, 5.74) is 4.16. The van der Waals surface area contributed by atoms with Crippen LogP contribution in [0.1, 0.15) is 41.7 Å². The summed E-state index contributed by atoms with van der Waals surface area (Å²) in [4.78, 5) is 4.09. The van der Waals surface area contributed by atoms with E-state index >= 15 is 0 Å². The van der Waals surface area contributed by atoms with E-state index in [4.69, 9.17) is 0 Å². The lowest BCUT2D eigenvalue weighted by Gasteiger charge is -2.14. The number of aliphatic hydroxyl groups excluding tert-OH is 1. The van der Waals surface area contributed by atoms with Crippen molar-refractivity contribution in [2.45, 2.75) is 32.8 Å². The number of aryl methyl sites for hydroxylation is 2. The molecule has 1 heterocycles. The van der Waals surface area contributed by atoms with Crippen molar-refractivity contribution < 1.29 is 5.11 Å². The number of nitrogens with zero attached hydrogens (tertiary/aromatic N) is 1. The van der Waals surface area contributed by atoms with E-state index < -0.39 is 6.10 Å². The van der Waals surface area contributed by atoms with Gasteiger partial charge in [0.2, 0.25) is 0 Å². The molecule has 0 aliphatic rings. The highest BCUT2D eigenvalue weighted by Gasteiger charge is 2.13. The first-order valence-corrected chi connectivity index (χ1v) is 6.39. The Labute approximate surface area is 108 Å². The second-order valence-corrected chi connectivity index (χ2v) is 4.63. The van der Waals surface area contributed by atoms with Gasteiger partial charge in [-0.15, -0.1) is 0 Å². The van der Waals surface area contributed by atoms with Crippen LogP contribution in [0.2, 0.25) is 0 Å². The quantitative estimate of drug-likeness (QED) is 0.889. The number of hydrogen-bond acceptors (Lipinski definition) is 2. The normalized spacial score (nSPS) is 12.4. The third kappa shape index (κ3) is 2.77. The topological polar surface area (TPSA) is 33.1 Å². The Morgan fingerprint density at radius 2 is 2.11 bits per heavy atom. The van der Waals surface area contributed by atoms with Crippen LogP contribution in [0.25, 0.3) is 0 Å². The Bertz CT molecular complexity index is 522. The molecule has 1 aromatic carbocycles. The maximum Gasteiger partial charge on any atom is 0.106 e. The predicted octanol–water partition coefficient (Wildman–Crippen LogP) is 3.42. The summed E-state index contributed by atoms with van der Waals surface area (Å²) in [5, 5.41) is 10.4. The molecule has 1 unspecified atom stereocenters. The molecule has 2 aromatic rings. The maximum atomic E-state index is 10.4. The van der Waals surface area contributed by atoms with Crippen LogP contribution in [-0.4, -0.2) is 10.1 Å². The van der Waals surface area contributed by atoms with Gasteiger partial charge in [0.1, 0.15) is 6.10 Å². The minimum absolute atomic E-state index is 0.587. The van der Waals surface area contributed by atoms with Gasteiger partial charge in [-0.2, -0.15) is 0 Å². The van der Waals surface area contributed by atoms with Gasteiger partial charge in [-0.05, 0) is 36.1 Å². The molecule has 0 amide bonds. The molecule has 0 saturated carbocycles. The summed E-state index contributed by atoms with van der Waals surface area (Å²) < 4.78 is 0. The van der Waals surface area contributed by atoms with Gasteiger partial charge >= 0.3 is 0 Å². The highest BCUT2D eigenvalue weighted by molar-refractivity contribution is 5.35. The molecule has 0 aliphatic heterocycles. The number of benzene rings is 1. The Hall–Kier alpha value is -1.67. The Kier molecular flexibility index (Phi) is 4.11. The molecule has 2 heteroatoms. The molecule has 0 saturated heterocycles. The van der Waals surface area contributed by atoms with Crippen LogP contribution in [0.3, 0.4) is 0 Å². The minimum Gasteiger partial charge on any atom is -0.384 e. The standard InChI is InChI=1S/C16H19NO/c1-3-5-13-6-4-7-14(10-13)16(18)15-11-17-9-8-12(15)2/h4,6-11,16,18H,3,5H2,1-2H3. The van der Waals surface area contributed by atoms with Gasteiger partial charge < -0.3 is 5.11 Å². The van der Waals surface area contributed by atoms with Crippen molar-refractivity contribution >= 4 is 0 Å². The summed E-state index contributed by atoms with van der Waals surface area (Å²) in [7, 11) is 0. The maximum absolute atomic E-state index is 10.4. The van der Waals surface area contributed by atoms with Crippen molar-refractivity contribution in [3.8, 4) is 0 Å². The van der Waals surface area contributed by atoms with Gasteiger partial charge in [-0.1, -0.05) is 37.6 Å². The molecule has 2 nitrogen and oxygen atoms in total. The molecule has 1 aromatic heterocycles. The summed E-state index contributed by atoms with van der Waals surface area (Å²) in [6.45, 7) is 4.16. The summed E-state index contributed by atoms with van der Waals surface area (Å²) >= 11 is 0. The first-order chi connectivity index (χ1) is 8.72. The Morgan fingerprint density at radius 1 is 1.28 bits per heavy atom. The molecule has 94 valence electrons. The van der Waals surface area contributed by atoms with E-state index in [0.29, 0.717) is 0 Å². The lowest BCUT2D eigenvalue weighted by atomic mass is 9.97. The smallest absolute Gasteiger partial charge is 0.106 e. The van der Waals surface area contributed by atoms with Gasteiger partial charge in [0.15, 0.2) is 0 Å². The molecule has 1 N–H and O–H groups in total. The Morgan fingerprint density at radius 3 is 2.83 bits per heavy atom. The van der Waals surface area contributed by atoms with E-state index in [1.54, 1.807) is 12.4 Å². The highest BCUT2D eigenvalue weighted by Crippen LogP contribution is 2.24. The van der Waals surface area contributed by atoms with Crippen molar-refractivity contribution in [3.05, 3.63) is 65.0 Å². The van der Waals surface area contributed by atoms with Crippen LogP contribution < -0.4 is 0 Å². The second kappa shape index (κ2) is 5.78. The van der Waals surface area contributed by atoms with Crippen molar-refractivity contribution in [1.29, 1.82) is 0 Å². The zero-order valence-electron chi connectivity index (χ0n) is 10.9. The van der Waals surface area contributed by atoms with Gasteiger partial charge in [0, 0.05) is 18.0 Å². The van der Waals surface area contributed by atoms with Crippen LogP contribution in [0.4, 0.5) is 0 Å². The molecular weight excluding hydrogens is 222 g/mol. The molecule has 0 radical (unpaired) electrons. The summed E-state index contributed by atoms with van der Waals surface area (Å²) in [5.74, 6) is 0. The molecule has 18 heavy (non-hydrogen) atoms. The third-order valence-electron chi connectivity index (χ3n) is 3.18. The number of aliphatic hydroxyl groups is 1. The van der Waals surface area contributed by atoms with Gasteiger partial charge in [-0.3, -0.25) is 4.98 Å². The fraction of sp³-hybridized carbons (Fsp3) is 0.312. The zero-order valence-corrected chi connectivity index (χ0v) is 10.9. The molecule has 0 aliphatic carbocycles. The molecule has 0 spiro atoms. The van der Waals surface area contributed by atoms with Crippen LogP contribution in [0.5, 0.6) is 0 Å². The average molecular weight is 241 g/mol. The first kappa shape index (κ1) is 12.8. The third-order valence-corrected chi connectivity index (χ3v) is 3.18. The number of hydrogen-bond donors (Lipinski definition) is 1. The van der Waals surface area contributed by atoms with E-state index in [1.807, 2.05) is 25.1 Å². The zero-order chi connectivity index (χ0) is 13.0. The molecule has 0 fully saturated rings. The fourth-order valence-electron chi connectivity index (χ4n) is 2.15. The number of pyridine rings is 1. The lowest BCUT2D eigenvalue weighted by Crippen LogP contribution is -2.03. The second-order valence-electron chi connectivity index (χ2n) is 4.63. The lowest BCUT2D eigenvalue weighted by molar-refractivity contribution is 0.219. The number of aromatic nitrogens is 1. The van der Waals surface area contributed by atoms with Crippen molar-refractivity contribution in [3.63, 3.8) is 0 Å². The van der Waals surface area contributed by atoms with Crippen LogP contribution >= 0.6 is 0 Å². The summed E-state index contributed by atoms with van der Waals surface area (Å²) in [6, 6.07) is 10.1. The van der Waals surface area contributed by atoms with Crippen molar-refractivity contribution in [2.24, 2.45) is 0 Å². The summed E-state index contributed by atoms with van der Waals surface area (Å²) in [6.07, 6.45) is 5.07. The minimum atomic E-state index is -0.587. The highest BCUT2D eigenvalue weighted by atomic mass is 16.3. The Balaban J connectivity index is 2.31. The van der Waals surface area contributed by atoms with E-state index in [1.165, 1.54) is 5.56 Å². The molecule has 1 atom stereocenters. The monoisotopic (exact) mass is 241 g/mol. The SMILES string of the molecule is CCCc1cccc(C(O)c2cnccc2C)c1. The van der Waals surface area contributed by atoms with Crippen LogP contribution in [0.15, 0.2) is 42.7 Å². The fourth-order valence-corrected chi connectivity index (χ4v) is 2.15. The van der Waals surface area contributed by atoms with Crippen LogP contribution in [-0.2, 0) is 6.42 Å². The van der Waals surface area contributed by atoms with Gasteiger partial charge in [0.25, 0.3) is 0 Å². The van der Waals surface area contributed by atoms with E-state index in [-0.39, 0.29) is 0 Å². The largest absolute Gasteiger partial charge is 0.384 e. The van der Waals surface area contributed by atoms with Gasteiger partial charge in [0.05, 0.1) is 0 Å². The van der Waals surface area contributed by atoms with Gasteiger partial charge in [-0.25, -0.2) is 0 Å². The van der Waals surface area contributed by atoms with Crippen molar-refractivity contribution in [2.75, 3.05) is 0 Å². The van der Waals surface area contributed by atoms with E-state index in [9.17, 15) is 5.11 Å². The average Bonchev–Trinajstić information content (AvgIpc) is 2.39. The van der Waals surface area contributed by atoms with E-state index in [2.05, 4.69) is 24.0 Å². The molecular formula is C16H19NO. The van der Waals surface area contributed by atoms with Crippen LogP contribution in [0, 0.1) is 6.92 Å². The number of rotatable bonds is 4.